The second kappa shape index (κ2) is 4.11. The van der Waals surface area contributed by atoms with Crippen molar-refractivity contribution in [2.45, 2.75) is 45.1 Å². The Labute approximate surface area is 101 Å². The number of carbonyl (C=O) groups excluding carboxylic acids is 1. The maximum absolute atomic E-state index is 12.2. The number of nitrogens with zero attached hydrogens (tertiary/aromatic N) is 2. The fraction of sp³-hybridized carbons (Fsp3) is 0.538. The largest absolute Gasteiger partial charge is 0.365 e. The molecule has 4 heteroatoms. The number of hydrogen-bond acceptors (Lipinski definition) is 3. The molecule has 0 N–H and O–H groups in total. The predicted molar refractivity (Wildman–Crippen MR) is 62.1 cm³/mol. The molecule has 2 aliphatic heterocycles. The maximum atomic E-state index is 12.2. The summed E-state index contributed by atoms with van der Waals surface area (Å²) in [7, 11) is 0. The van der Waals surface area contributed by atoms with Crippen LogP contribution < -0.4 is 0 Å². The Bertz CT molecular complexity index is 422. The van der Waals surface area contributed by atoms with E-state index in [0.717, 1.165) is 18.4 Å². The zero-order chi connectivity index (χ0) is 11.8. The Balaban J connectivity index is 1.70. The number of fused-ring (bicyclic) bond motifs is 1. The highest BCUT2D eigenvalue weighted by Crippen LogP contribution is 2.26. The zero-order valence-corrected chi connectivity index (χ0v) is 9.93. The van der Waals surface area contributed by atoms with Crippen LogP contribution >= 0.6 is 0 Å². The molecule has 17 heavy (non-hydrogen) atoms. The lowest BCUT2D eigenvalue weighted by Crippen LogP contribution is -2.35. The lowest BCUT2D eigenvalue weighted by molar-refractivity contribution is -0.143. The number of amides is 1. The molecule has 3 rings (SSSR count). The van der Waals surface area contributed by atoms with Crippen molar-refractivity contribution in [2.75, 3.05) is 0 Å². The van der Waals surface area contributed by atoms with E-state index in [4.69, 9.17) is 4.74 Å². The average molecular weight is 232 g/mol. The summed E-state index contributed by atoms with van der Waals surface area (Å²) in [4.78, 5) is 18.2. The van der Waals surface area contributed by atoms with Gasteiger partial charge >= 0.3 is 0 Å². The second-order valence-corrected chi connectivity index (χ2v) is 4.85. The molecule has 0 bridgehead atoms. The standard InChI is InChI=1S/C13H16N2O2/c1-9-2-3-12(17-9)13(16)15-7-10-4-5-14-6-11(10)8-15/h4-6,9,12H,2-3,7-8H2,1H3. The van der Waals surface area contributed by atoms with Crippen molar-refractivity contribution in [2.24, 2.45) is 0 Å². The van der Waals surface area contributed by atoms with Crippen LogP contribution in [0.3, 0.4) is 0 Å². The molecule has 1 aromatic heterocycles. The van der Waals surface area contributed by atoms with Gasteiger partial charge in [-0.15, -0.1) is 0 Å². The van der Waals surface area contributed by atoms with Crippen molar-refractivity contribution in [3.8, 4) is 0 Å². The molecule has 4 nitrogen and oxygen atoms in total. The molecule has 1 aromatic rings. The van der Waals surface area contributed by atoms with Crippen LogP contribution in [0, 0.1) is 0 Å². The van der Waals surface area contributed by atoms with Gasteiger partial charge in [0.15, 0.2) is 0 Å². The number of hydrogen-bond donors (Lipinski definition) is 0. The molecule has 0 aromatic carbocycles. The smallest absolute Gasteiger partial charge is 0.252 e. The van der Waals surface area contributed by atoms with Crippen LogP contribution in [0.1, 0.15) is 30.9 Å². The first kappa shape index (κ1) is 10.7. The number of pyridine rings is 1. The van der Waals surface area contributed by atoms with Crippen molar-refractivity contribution in [3.05, 3.63) is 29.6 Å². The van der Waals surface area contributed by atoms with Crippen LogP contribution in [0.25, 0.3) is 0 Å². The molecule has 1 saturated heterocycles. The van der Waals surface area contributed by atoms with Crippen molar-refractivity contribution >= 4 is 5.91 Å². The van der Waals surface area contributed by atoms with Crippen LogP contribution in [0.15, 0.2) is 18.5 Å². The van der Waals surface area contributed by atoms with Gasteiger partial charge in [0.1, 0.15) is 6.10 Å². The summed E-state index contributed by atoms with van der Waals surface area (Å²) in [6, 6.07) is 1.99. The monoisotopic (exact) mass is 232 g/mol. The first-order chi connectivity index (χ1) is 8.24. The highest BCUT2D eigenvalue weighted by atomic mass is 16.5. The lowest BCUT2D eigenvalue weighted by atomic mass is 10.2. The molecule has 2 unspecified atom stereocenters. The molecule has 2 aliphatic rings. The van der Waals surface area contributed by atoms with Crippen molar-refractivity contribution in [1.29, 1.82) is 0 Å². The van der Waals surface area contributed by atoms with Crippen LogP contribution in [0.5, 0.6) is 0 Å². The topological polar surface area (TPSA) is 42.4 Å². The van der Waals surface area contributed by atoms with E-state index in [2.05, 4.69) is 4.98 Å². The molecule has 1 fully saturated rings. The molecule has 3 heterocycles. The fourth-order valence-electron chi connectivity index (χ4n) is 2.56. The van der Waals surface area contributed by atoms with Crippen LogP contribution in [0.4, 0.5) is 0 Å². The normalized spacial score (nSPS) is 27.2. The van der Waals surface area contributed by atoms with Gasteiger partial charge in [0.05, 0.1) is 6.10 Å². The predicted octanol–water partition coefficient (Wildman–Crippen LogP) is 1.49. The zero-order valence-electron chi connectivity index (χ0n) is 9.93. The van der Waals surface area contributed by atoms with E-state index in [9.17, 15) is 4.79 Å². The molecular weight excluding hydrogens is 216 g/mol. The minimum Gasteiger partial charge on any atom is -0.365 e. The van der Waals surface area contributed by atoms with Gasteiger partial charge in [-0.05, 0) is 37.0 Å². The number of aromatic nitrogens is 1. The summed E-state index contributed by atoms with van der Waals surface area (Å²) in [5, 5.41) is 0. The summed E-state index contributed by atoms with van der Waals surface area (Å²) < 4.78 is 5.63. The summed E-state index contributed by atoms with van der Waals surface area (Å²) in [6.45, 7) is 3.40. The molecule has 2 atom stereocenters. The molecule has 1 amide bonds. The van der Waals surface area contributed by atoms with E-state index in [-0.39, 0.29) is 18.1 Å². The van der Waals surface area contributed by atoms with Gasteiger partial charge in [0.2, 0.25) is 0 Å². The van der Waals surface area contributed by atoms with Gasteiger partial charge in [-0.1, -0.05) is 0 Å². The molecule has 0 radical (unpaired) electrons. The van der Waals surface area contributed by atoms with Crippen LogP contribution in [-0.2, 0) is 22.6 Å². The SMILES string of the molecule is CC1CCC(C(=O)N2Cc3ccncc3C2)O1. The van der Waals surface area contributed by atoms with Gasteiger partial charge in [-0.25, -0.2) is 0 Å². The molecule has 0 aliphatic carbocycles. The third-order valence-electron chi connectivity index (χ3n) is 3.55. The van der Waals surface area contributed by atoms with E-state index >= 15 is 0 Å². The van der Waals surface area contributed by atoms with E-state index < -0.39 is 0 Å². The number of carbonyl (C=O) groups is 1. The Morgan fingerprint density at radius 1 is 1.41 bits per heavy atom. The van der Waals surface area contributed by atoms with Gasteiger partial charge < -0.3 is 9.64 Å². The van der Waals surface area contributed by atoms with Gasteiger partial charge in [-0.3, -0.25) is 9.78 Å². The van der Waals surface area contributed by atoms with Crippen molar-refractivity contribution in [1.82, 2.24) is 9.88 Å². The summed E-state index contributed by atoms with van der Waals surface area (Å²) in [5.74, 6) is 0.130. The van der Waals surface area contributed by atoms with E-state index in [0.29, 0.717) is 13.1 Å². The summed E-state index contributed by atoms with van der Waals surface area (Å²) >= 11 is 0. The van der Waals surface area contributed by atoms with Crippen molar-refractivity contribution < 1.29 is 9.53 Å². The first-order valence-corrected chi connectivity index (χ1v) is 6.10. The van der Waals surface area contributed by atoms with Crippen molar-refractivity contribution in [3.63, 3.8) is 0 Å². The molecule has 0 spiro atoms. The van der Waals surface area contributed by atoms with Crippen LogP contribution in [-0.4, -0.2) is 28.0 Å². The average Bonchev–Trinajstić information content (AvgIpc) is 2.93. The highest BCUT2D eigenvalue weighted by Gasteiger charge is 2.33. The summed E-state index contributed by atoms with van der Waals surface area (Å²) in [5.41, 5.74) is 2.37. The third-order valence-corrected chi connectivity index (χ3v) is 3.55. The quantitative estimate of drug-likeness (QED) is 0.736. The van der Waals surface area contributed by atoms with Crippen LogP contribution in [0.2, 0.25) is 0 Å². The van der Waals surface area contributed by atoms with E-state index in [1.54, 1.807) is 6.20 Å². The molecular formula is C13H16N2O2. The van der Waals surface area contributed by atoms with Gasteiger partial charge in [-0.2, -0.15) is 0 Å². The maximum Gasteiger partial charge on any atom is 0.252 e. The number of rotatable bonds is 1. The third kappa shape index (κ3) is 1.93. The Morgan fingerprint density at radius 3 is 2.94 bits per heavy atom. The van der Waals surface area contributed by atoms with Gasteiger partial charge in [0, 0.05) is 25.5 Å². The molecule has 90 valence electrons. The number of ether oxygens (including phenoxy) is 1. The molecule has 0 saturated carbocycles. The van der Waals surface area contributed by atoms with E-state index in [1.807, 2.05) is 24.1 Å². The minimum atomic E-state index is -0.229. The fourth-order valence-corrected chi connectivity index (χ4v) is 2.56. The Kier molecular flexibility index (Phi) is 2.59. The highest BCUT2D eigenvalue weighted by molar-refractivity contribution is 5.81. The Hall–Kier alpha value is -1.42. The summed E-state index contributed by atoms with van der Waals surface area (Å²) in [6.07, 6.45) is 5.45. The van der Waals surface area contributed by atoms with Gasteiger partial charge in [0.25, 0.3) is 5.91 Å². The minimum absolute atomic E-state index is 0.130. The second-order valence-electron chi connectivity index (χ2n) is 4.85. The lowest BCUT2D eigenvalue weighted by Gasteiger charge is -2.19. The van der Waals surface area contributed by atoms with E-state index in [1.165, 1.54) is 5.56 Å². The first-order valence-electron chi connectivity index (χ1n) is 6.10. The Morgan fingerprint density at radius 2 is 2.24 bits per heavy atom.